The van der Waals surface area contributed by atoms with Gasteiger partial charge in [0.2, 0.25) is 10.0 Å². The molecule has 0 aliphatic rings. The van der Waals surface area contributed by atoms with Crippen molar-refractivity contribution in [1.82, 2.24) is 9.73 Å². The Bertz CT molecular complexity index is 946. The summed E-state index contributed by atoms with van der Waals surface area (Å²) < 4.78 is 31.5. The van der Waals surface area contributed by atoms with E-state index in [0.717, 1.165) is 8.78 Å². The fraction of sp³-hybridized carbons (Fsp3) is 0.176. The quantitative estimate of drug-likeness (QED) is 0.489. The Morgan fingerprint density at radius 3 is 2.59 bits per heavy atom. The minimum atomic E-state index is -3.79. The predicted molar refractivity (Wildman–Crippen MR) is 104 cm³/mol. The molecule has 0 atom stereocenters. The van der Waals surface area contributed by atoms with E-state index in [9.17, 15) is 18.3 Å². The average Bonchev–Trinajstić information content (AvgIpc) is 2.63. The van der Waals surface area contributed by atoms with Gasteiger partial charge in [-0.1, -0.05) is 15.9 Å². The molecule has 144 valence electrons. The maximum absolute atomic E-state index is 12.4. The third-order valence-electron chi connectivity index (χ3n) is 3.49. The molecule has 2 rings (SSSR count). The molecule has 1 amide bonds. The number of amides is 1. The van der Waals surface area contributed by atoms with Crippen LogP contribution in [0, 0.1) is 0 Å². The monoisotopic (exact) mass is 455 g/mol. The number of carbonyl (C=O) groups is 1. The number of benzene rings is 2. The number of rotatable bonds is 7. The number of carbonyl (C=O) groups excluding carboxylic acids is 1. The number of phenols is 1. The smallest absolute Gasteiger partial charge is 0.255 e. The Labute approximate surface area is 165 Å². The van der Waals surface area contributed by atoms with Gasteiger partial charge in [-0.3, -0.25) is 4.79 Å². The van der Waals surface area contributed by atoms with Crippen LogP contribution in [0.2, 0.25) is 0 Å². The van der Waals surface area contributed by atoms with E-state index in [0.29, 0.717) is 5.56 Å². The van der Waals surface area contributed by atoms with Crippen LogP contribution in [-0.4, -0.2) is 50.7 Å². The van der Waals surface area contributed by atoms with Gasteiger partial charge < -0.3 is 9.84 Å². The summed E-state index contributed by atoms with van der Waals surface area (Å²) in [6.45, 7) is -0.394. The van der Waals surface area contributed by atoms with Gasteiger partial charge in [-0.25, -0.2) is 13.8 Å². The minimum absolute atomic E-state index is 0.0153. The lowest BCUT2D eigenvalue weighted by Gasteiger charge is -2.16. The summed E-state index contributed by atoms with van der Waals surface area (Å²) >= 11 is 3.24. The molecule has 0 bridgehead atoms. The number of hydrazone groups is 1. The first-order chi connectivity index (χ1) is 12.7. The molecule has 0 radical (unpaired) electrons. The van der Waals surface area contributed by atoms with Crippen molar-refractivity contribution in [3.8, 4) is 11.5 Å². The number of ether oxygens (including phenoxy) is 1. The zero-order chi connectivity index (χ0) is 20.0. The zero-order valence-electron chi connectivity index (χ0n) is 14.6. The molecule has 2 aromatic rings. The standard InChI is InChI=1S/C17H18BrN3O5S/c1-21(27(24,25)14-6-4-13(18)5-7-14)11-17(23)20-19-10-12-3-8-15(22)16(9-12)26-2/h3-10,22H,11H2,1-2H3,(H,20,23)/b19-10-. The average molecular weight is 456 g/mol. The van der Waals surface area contributed by atoms with E-state index >= 15 is 0 Å². The molecule has 0 saturated heterocycles. The van der Waals surface area contributed by atoms with Gasteiger partial charge in [0.05, 0.1) is 24.8 Å². The van der Waals surface area contributed by atoms with Crippen molar-refractivity contribution in [1.29, 1.82) is 0 Å². The number of likely N-dealkylation sites (N-methyl/N-ethyl adjacent to an activating group) is 1. The van der Waals surface area contributed by atoms with Gasteiger partial charge in [0.15, 0.2) is 11.5 Å². The van der Waals surface area contributed by atoms with Crippen molar-refractivity contribution in [2.24, 2.45) is 5.10 Å². The van der Waals surface area contributed by atoms with E-state index in [1.807, 2.05) is 0 Å². The first kappa shape index (κ1) is 20.9. The lowest BCUT2D eigenvalue weighted by molar-refractivity contribution is -0.121. The largest absolute Gasteiger partial charge is 0.504 e. The van der Waals surface area contributed by atoms with Crippen LogP contribution >= 0.6 is 15.9 Å². The maximum Gasteiger partial charge on any atom is 0.255 e. The normalized spacial score (nSPS) is 11.7. The number of hydrogen-bond donors (Lipinski definition) is 2. The first-order valence-electron chi connectivity index (χ1n) is 7.65. The van der Waals surface area contributed by atoms with Gasteiger partial charge in [-0.2, -0.15) is 9.41 Å². The lowest BCUT2D eigenvalue weighted by Crippen LogP contribution is -2.36. The van der Waals surface area contributed by atoms with E-state index in [1.165, 1.54) is 44.6 Å². The summed E-state index contributed by atoms with van der Waals surface area (Å²) in [6.07, 6.45) is 1.35. The van der Waals surface area contributed by atoms with Crippen molar-refractivity contribution in [2.75, 3.05) is 20.7 Å². The van der Waals surface area contributed by atoms with Crippen LogP contribution in [0.5, 0.6) is 11.5 Å². The summed E-state index contributed by atoms with van der Waals surface area (Å²) in [5, 5.41) is 13.3. The second-order valence-electron chi connectivity index (χ2n) is 5.44. The first-order valence-corrected chi connectivity index (χ1v) is 9.88. The molecule has 0 aliphatic carbocycles. The number of methoxy groups -OCH3 is 1. The predicted octanol–water partition coefficient (Wildman–Crippen LogP) is 1.93. The van der Waals surface area contributed by atoms with Crippen LogP contribution < -0.4 is 10.2 Å². The molecular weight excluding hydrogens is 438 g/mol. The van der Waals surface area contributed by atoms with Crippen molar-refractivity contribution in [3.05, 3.63) is 52.5 Å². The van der Waals surface area contributed by atoms with Crippen LogP contribution in [0.1, 0.15) is 5.56 Å². The highest BCUT2D eigenvalue weighted by Crippen LogP contribution is 2.25. The molecule has 10 heteroatoms. The van der Waals surface area contributed by atoms with E-state index < -0.39 is 22.5 Å². The molecule has 0 fully saturated rings. The molecule has 0 aromatic heterocycles. The van der Waals surface area contributed by atoms with E-state index in [2.05, 4.69) is 26.5 Å². The highest BCUT2D eigenvalue weighted by atomic mass is 79.9. The van der Waals surface area contributed by atoms with Gasteiger partial charge in [-0.05, 0) is 48.0 Å². The molecule has 0 saturated carbocycles. The Kier molecular flexibility index (Phi) is 6.94. The van der Waals surface area contributed by atoms with Crippen LogP contribution in [0.3, 0.4) is 0 Å². The molecule has 0 aliphatic heterocycles. The summed E-state index contributed by atoms with van der Waals surface area (Å²) in [4.78, 5) is 12.0. The SMILES string of the molecule is COc1cc(/C=N\NC(=O)CN(C)S(=O)(=O)c2ccc(Br)cc2)ccc1O. The summed E-state index contributed by atoms with van der Waals surface area (Å²) in [6, 6.07) is 10.7. The minimum Gasteiger partial charge on any atom is -0.504 e. The number of phenolic OH excluding ortho intramolecular Hbond substituents is 1. The highest BCUT2D eigenvalue weighted by molar-refractivity contribution is 9.10. The highest BCUT2D eigenvalue weighted by Gasteiger charge is 2.22. The second-order valence-corrected chi connectivity index (χ2v) is 8.40. The fourth-order valence-corrected chi connectivity index (χ4v) is 3.45. The zero-order valence-corrected chi connectivity index (χ0v) is 17.0. The Hall–Kier alpha value is -2.43. The topological polar surface area (TPSA) is 108 Å². The molecule has 0 spiro atoms. The van der Waals surface area contributed by atoms with Gasteiger partial charge in [-0.15, -0.1) is 0 Å². The Balaban J connectivity index is 1.97. The summed E-state index contributed by atoms with van der Waals surface area (Å²) in [5.74, 6) is -0.343. The summed E-state index contributed by atoms with van der Waals surface area (Å²) in [5.41, 5.74) is 2.84. The van der Waals surface area contributed by atoms with Gasteiger partial charge >= 0.3 is 0 Å². The lowest BCUT2D eigenvalue weighted by atomic mass is 10.2. The van der Waals surface area contributed by atoms with Crippen molar-refractivity contribution < 1.29 is 23.1 Å². The summed E-state index contributed by atoms with van der Waals surface area (Å²) in [7, 11) is -1.06. The van der Waals surface area contributed by atoms with Crippen LogP contribution in [0.25, 0.3) is 0 Å². The number of halogens is 1. The maximum atomic E-state index is 12.4. The Morgan fingerprint density at radius 2 is 1.96 bits per heavy atom. The third kappa shape index (κ3) is 5.52. The van der Waals surface area contributed by atoms with E-state index in [-0.39, 0.29) is 16.4 Å². The van der Waals surface area contributed by atoms with Crippen LogP contribution in [0.4, 0.5) is 0 Å². The molecule has 2 N–H and O–H groups in total. The van der Waals surface area contributed by atoms with Crippen molar-refractivity contribution in [2.45, 2.75) is 4.90 Å². The number of hydrogen-bond acceptors (Lipinski definition) is 6. The van der Waals surface area contributed by atoms with Crippen molar-refractivity contribution >= 4 is 38.1 Å². The van der Waals surface area contributed by atoms with Gasteiger partial charge in [0.1, 0.15) is 0 Å². The number of nitrogens with one attached hydrogen (secondary N) is 1. The van der Waals surface area contributed by atoms with Gasteiger partial charge in [0.25, 0.3) is 5.91 Å². The van der Waals surface area contributed by atoms with E-state index in [1.54, 1.807) is 18.2 Å². The fourth-order valence-electron chi connectivity index (χ4n) is 2.06. The van der Waals surface area contributed by atoms with E-state index in [4.69, 9.17) is 4.74 Å². The van der Waals surface area contributed by atoms with Crippen molar-refractivity contribution in [3.63, 3.8) is 0 Å². The Morgan fingerprint density at radius 1 is 1.30 bits per heavy atom. The number of nitrogens with zero attached hydrogens (tertiary/aromatic N) is 2. The molecule has 0 unspecified atom stereocenters. The molecular formula is C17H18BrN3O5S. The van der Waals surface area contributed by atoms with Gasteiger partial charge in [0, 0.05) is 11.5 Å². The number of sulfonamides is 1. The molecule has 27 heavy (non-hydrogen) atoms. The molecule has 2 aromatic carbocycles. The molecule has 0 heterocycles. The third-order valence-corrected chi connectivity index (χ3v) is 5.84. The molecule has 8 nitrogen and oxygen atoms in total. The second kappa shape index (κ2) is 8.98. The van der Waals surface area contributed by atoms with Crippen LogP contribution in [-0.2, 0) is 14.8 Å². The number of aromatic hydroxyl groups is 1. The van der Waals surface area contributed by atoms with Crippen LogP contribution in [0.15, 0.2) is 56.9 Å².